The lowest BCUT2D eigenvalue weighted by molar-refractivity contribution is 0.00458. The van der Waals surface area contributed by atoms with Crippen LogP contribution in [-0.4, -0.2) is 28.0 Å². The zero-order chi connectivity index (χ0) is 11.5. The van der Waals surface area contributed by atoms with Crippen LogP contribution in [0.25, 0.3) is 11.0 Å². The first-order chi connectivity index (χ1) is 7.74. The molecule has 1 aromatic carbocycles. The molecule has 2 aromatic rings. The first-order valence-electron chi connectivity index (χ1n) is 5.17. The first kappa shape index (κ1) is 11.1. The van der Waals surface area contributed by atoms with Crippen molar-refractivity contribution in [1.29, 1.82) is 0 Å². The molecular weight excluding hydrogens is 208 g/mol. The molecule has 4 nitrogen and oxygen atoms in total. The lowest BCUT2D eigenvalue weighted by Crippen LogP contribution is -2.19. The van der Waals surface area contributed by atoms with Gasteiger partial charge in [-0.1, -0.05) is 18.2 Å². The van der Waals surface area contributed by atoms with E-state index in [0.29, 0.717) is 11.1 Å². The fourth-order valence-corrected chi connectivity index (χ4v) is 1.72. The summed E-state index contributed by atoms with van der Waals surface area (Å²) >= 11 is 0. The van der Waals surface area contributed by atoms with Crippen LogP contribution in [0, 0.1) is 0 Å². The molecule has 16 heavy (non-hydrogen) atoms. The Labute approximate surface area is 92.7 Å². The fourth-order valence-electron chi connectivity index (χ4n) is 1.72. The minimum atomic E-state index is -1.03. The maximum absolute atomic E-state index is 9.89. The highest BCUT2D eigenvalue weighted by atomic mass is 16.3. The van der Waals surface area contributed by atoms with Crippen molar-refractivity contribution >= 4 is 11.0 Å². The fraction of sp³-hybridized carbons (Fsp3) is 0.333. The normalized spacial score (nSPS) is 15.2. The second-order valence-corrected chi connectivity index (χ2v) is 3.71. The number of rotatable bonds is 4. The van der Waals surface area contributed by atoms with E-state index in [-0.39, 0.29) is 13.0 Å². The summed E-state index contributed by atoms with van der Waals surface area (Å²) in [6.45, 7) is -0.159. The van der Waals surface area contributed by atoms with Crippen molar-refractivity contribution in [3.05, 3.63) is 36.1 Å². The molecule has 2 unspecified atom stereocenters. The van der Waals surface area contributed by atoms with Gasteiger partial charge in [0.15, 0.2) is 0 Å². The van der Waals surface area contributed by atoms with Gasteiger partial charge in [-0.3, -0.25) is 0 Å². The molecule has 2 rings (SSSR count). The summed E-state index contributed by atoms with van der Waals surface area (Å²) in [5, 5.41) is 29.0. The van der Waals surface area contributed by atoms with Gasteiger partial charge in [0.25, 0.3) is 0 Å². The summed E-state index contributed by atoms with van der Waals surface area (Å²) < 4.78 is 5.26. The Hall–Kier alpha value is -1.36. The Morgan fingerprint density at radius 1 is 1.19 bits per heavy atom. The molecular formula is C12H14O4. The second-order valence-electron chi connectivity index (χ2n) is 3.71. The highest BCUT2D eigenvalue weighted by Crippen LogP contribution is 2.28. The van der Waals surface area contributed by atoms with Crippen LogP contribution in [-0.2, 0) is 0 Å². The van der Waals surface area contributed by atoms with Gasteiger partial charge in [-0.25, -0.2) is 0 Å². The van der Waals surface area contributed by atoms with Crippen molar-refractivity contribution < 1.29 is 19.7 Å². The standard InChI is InChI=1S/C12H14O4/c13-6-5-10(14)12(15)9-7-16-11-4-2-1-3-8(9)11/h1-4,7,10,12-15H,5-6H2. The van der Waals surface area contributed by atoms with E-state index in [1.165, 1.54) is 6.26 Å². The molecule has 0 fully saturated rings. The smallest absolute Gasteiger partial charge is 0.134 e. The van der Waals surface area contributed by atoms with Crippen LogP contribution in [0.2, 0.25) is 0 Å². The van der Waals surface area contributed by atoms with Crippen molar-refractivity contribution in [3.8, 4) is 0 Å². The number of hydrogen-bond acceptors (Lipinski definition) is 4. The molecule has 0 saturated heterocycles. The summed E-state index contributed by atoms with van der Waals surface area (Å²) in [5.74, 6) is 0. The van der Waals surface area contributed by atoms with Gasteiger partial charge in [0, 0.05) is 17.6 Å². The third-order valence-electron chi connectivity index (χ3n) is 2.62. The van der Waals surface area contributed by atoms with E-state index in [9.17, 15) is 10.2 Å². The molecule has 86 valence electrons. The summed E-state index contributed by atoms with van der Waals surface area (Å²) in [4.78, 5) is 0. The van der Waals surface area contributed by atoms with E-state index in [2.05, 4.69) is 0 Å². The van der Waals surface area contributed by atoms with Gasteiger partial charge in [0.05, 0.1) is 12.4 Å². The molecule has 0 saturated carbocycles. The van der Waals surface area contributed by atoms with Crippen LogP contribution < -0.4 is 0 Å². The second kappa shape index (κ2) is 4.65. The zero-order valence-electron chi connectivity index (χ0n) is 8.71. The molecule has 1 heterocycles. The molecule has 2 atom stereocenters. The van der Waals surface area contributed by atoms with Crippen molar-refractivity contribution in [2.45, 2.75) is 18.6 Å². The molecule has 4 heteroatoms. The summed E-state index contributed by atoms with van der Waals surface area (Å²) in [5.41, 5.74) is 1.23. The van der Waals surface area contributed by atoms with Gasteiger partial charge in [-0.15, -0.1) is 0 Å². The average Bonchev–Trinajstić information content (AvgIpc) is 2.72. The van der Waals surface area contributed by atoms with E-state index in [4.69, 9.17) is 9.52 Å². The van der Waals surface area contributed by atoms with Crippen LogP contribution in [0.5, 0.6) is 0 Å². The van der Waals surface area contributed by atoms with Gasteiger partial charge in [-0.2, -0.15) is 0 Å². The predicted molar refractivity (Wildman–Crippen MR) is 58.9 cm³/mol. The molecule has 0 bridgehead atoms. The van der Waals surface area contributed by atoms with Crippen LogP contribution in [0.15, 0.2) is 34.9 Å². The lowest BCUT2D eigenvalue weighted by Gasteiger charge is -2.15. The third kappa shape index (κ3) is 1.95. The van der Waals surface area contributed by atoms with Gasteiger partial charge < -0.3 is 19.7 Å². The molecule has 0 aliphatic rings. The zero-order valence-corrected chi connectivity index (χ0v) is 8.71. The molecule has 0 radical (unpaired) electrons. The van der Waals surface area contributed by atoms with Crippen molar-refractivity contribution in [2.24, 2.45) is 0 Å². The highest BCUT2D eigenvalue weighted by Gasteiger charge is 2.21. The van der Waals surface area contributed by atoms with E-state index < -0.39 is 12.2 Å². The number of para-hydroxylation sites is 1. The number of benzene rings is 1. The number of fused-ring (bicyclic) bond motifs is 1. The summed E-state index contributed by atoms with van der Waals surface area (Å²) in [7, 11) is 0. The minimum absolute atomic E-state index is 0.140. The van der Waals surface area contributed by atoms with Crippen molar-refractivity contribution in [2.75, 3.05) is 6.61 Å². The van der Waals surface area contributed by atoms with Crippen molar-refractivity contribution in [1.82, 2.24) is 0 Å². The maximum atomic E-state index is 9.89. The van der Waals surface area contributed by atoms with Gasteiger partial charge >= 0.3 is 0 Å². The van der Waals surface area contributed by atoms with E-state index in [1.807, 2.05) is 18.2 Å². The topological polar surface area (TPSA) is 73.8 Å². The van der Waals surface area contributed by atoms with Crippen LogP contribution in [0.4, 0.5) is 0 Å². The number of hydrogen-bond donors (Lipinski definition) is 3. The monoisotopic (exact) mass is 222 g/mol. The first-order valence-corrected chi connectivity index (χ1v) is 5.17. The molecule has 0 amide bonds. The van der Waals surface area contributed by atoms with Crippen LogP contribution in [0.1, 0.15) is 18.1 Å². The van der Waals surface area contributed by atoms with Crippen LogP contribution >= 0.6 is 0 Å². The Morgan fingerprint density at radius 2 is 1.94 bits per heavy atom. The largest absolute Gasteiger partial charge is 0.464 e. The third-order valence-corrected chi connectivity index (χ3v) is 2.62. The molecule has 0 spiro atoms. The quantitative estimate of drug-likeness (QED) is 0.727. The maximum Gasteiger partial charge on any atom is 0.134 e. The Bertz CT molecular complexity index is 463. The predicted octanol–water partition coefficient (Wildman–Crippen LogP) is 1.21. The summed E-state index contributed by atoms with van der Waals surface area (Å²) in [6, 6.07) is 7.30. The van der Waals surface area contributed by atoms with Crippen molar-refractivity contribution in [3.63, 3.8) is 0 Å². The minimum Gasteiger partial charge on any atom is -0.464 e. The van der Waals surface area contributed by atoms with Gasteiger partial charge in [0.2, 0.25) is 0 Å². The van der Waals surface area contributed by atoms with E-state index in [0.717, 1.165) is 5.39 Å². The van der Waals surface area contributed by atoms with Gasteiger partial charge in [-0.05, 0) is 12.5 Å². The van der Waals surface area contributed by atoms with E-state index in [1.54, 1.807) is 6.07 Å². The number of furan rings is 1. The van der Waals surface area contributed by atoms with Gasteiger partial charge in [0.1, 0.15) is 11.7 Å². The highest BCUT2D eigenvalue weighted by molar-refractivity contribution is 5.81. The van der Waals surface area contributed by atoms with Crippen LogP contribution in [0.3, 0.4) is 0 Å². The molecule has 3 N–H and O–H groups in total. The Kier molecular flexibility index (Phi) is 3.24. The average molecular weight is 222 g/mol. The molecule has 0 aliphatic carbocycles. The Morgan fingerprint density at radius 3 is 2.69 bits per heavy atom. The molecule has 1 aromatic heterocycles. The van der Waals surface area contributed by atoms with E-state index >= 15 is 0 Å². The molecule has 0 aliphatic heterocycles. The lowest BCUT2D eigenvalue weighted by atomic mass is 10.0. The SMILES string of the molecule is OCCC(O)C(O)c1coc2ccccc12. The Balaban J connectivity index is 2.32. The number of aliphatic hydroxyl groups excluding tert-OH is 3. The summed E-state index contributed by atoms with van der Waals surface area (Å²) in [6.07, 6.45) is -0.432. The number of aliphatic hydroxyl groups is 3.